The summed E-state index contributed by atoms with van der Waals surface area (Å²) in [4.78, 5) is 11.9. The van der Waals surface area contributed by atoms with Crippen molar-refractivity contribution >= 4 is 11.7 Å². The van der Waals surface area contributed by atoms with Crippen LogP contribution in [-0.2, 0) is 4.79 Å². The highest BCUT2D eigenvalue weighted by Gasteiger charge is 1.96. The summed E-state index contributed by atoms with van der Waals surface area (Å²) in [6.45, 7) is 3.60. The van der Waals surface area contributed by atoms with E-state index in [-0.39, 0.29) is 0 Å². The van der Waals surface area contributed by atoms with Crippen LogP contribution in [-0.4, -0.2) is 11.1 Å². The van der Waals surface area contributed by atoms with Crippen molar-refractivity contribution < 1.29 is 9.90 Å². The van der Waals surface area contributed by atoms with Crippen molar-refractivity contribution in [3.63, 3.8) is 0 Å². The molecule has 72 valence electrons. The van der Waals surface area contributed by atoms with Crippen molar-refractivity contribution in [2.45, 2.75) is 0 Å². The molecule has 0 aliphatic carbocycles. The topological polar surface area (TPSA) is 40.5 Å². The first kappa shape index (κ1) is 10.1. The quantitative estimate of drug-likeness (QED) is 0.738. The van der Waals surface area contributed by atoms with Crippen molar-refractivity contribution in [2.24, 2.45) is 0 Å². The molecule has 0 spiro atoms. The van der Waals surface area contributed by atoms with Gasteiger partial charge in [0.1, 0.15) is 0 Å². The van der Waals surface area contributed by atoms with E-state index in [0.717, 1.165) is 11.8 Å². The normalized spacial score (nSPS) is 10.0. The summed E-state index contributed by atoms with van der Waals surface area (Å²) in [5.41, 5.74) is 0.875. The molecule has 0 saturated heterocycles. The van der Waals surface area contributed by atoms with Gasteiger partial charge in [0.05, 0.1) is 0 Å². The number of hydrogen-bond donors (Lipinski definition) is 1. The molecular formula is C11H11NO2. The van der Waals surface area contributed by atoms with Crippen LogP contribution in [0.5, 0.6) is 0 Å². The molecule has 0 aliphatic heterocycles. The lowest BCUT2D eigenvalue weighted by molar-refractivity contribution is -0.131. The van der Waals surface area contributed by atoms with E-state index < -0.39 is 5.97 Å². The molecule has 3 heteroatoms. The Balaban J connectivity index is 2.83. The number of carbonyl (C=O) groups is 1. The predicted octanol–water partition coefficient (Wildman–Crippen LogP) is 2.23. The summed E-state index contributed by atoms with van der Waals surface area (Å²) >= 11 is 0. The Morgan fingerprint density at radius 3 is 2.50 bits per heavy atom. The van der Waals surface area contributed by atoms with E-state index in [1.165, 1.54) is 6.20 Å². The molecule has 0 fully saturated rings. The van der Waals surface area contributed by atoms with Gasteiger partial charge in [0.2, 0.25) is 0 Å². The van der Waals surface area contributed by atoms with Gasteiger partial charge in [-0.15, -0.1) is 0 Å². The number of carboxylic acid groups (broad SMARTS) is 1. The maximum atomic E-state index is 10.3. The fraction of sp³-hybridized carbons (Fsp3) is 0. The van der Waals surface area contributed by atoms with Gasteiger partial charge in [0.25, 0.3) is 0 Å². The summed E-state index contributed by atoms with van der Waals surface area (Å²) in [7, 11) is 0. The van der Waals surface area contributed by atoms with Crippen molar-refractivity contribution in [1.29, 1.82) is 0 Å². The van der Waals surface area contributed by atoms with Gasteiger partial charge in [0, 0.05) is 24.2 Å². The molecule has 0 unspecified atom stereocenters. The Hall–Kier alpha value is -2.03. The van der Waals surface area contributed by atoms with Crippen molar-refractivity contribution in [1.82, 2.24) is 0 Å². The van der Waals surface area contributed by atoms with Crippen molar-refractivity contribution in [3.8, 4) is 0 Å². The Morgan fingerprint density at radius 1 is 1.36 bits per heavy atom. The van der Waals surface area contributed by atoms with Crippen LogP contribution in [0.3, 0.4) is 0 Å². The van der Waals surface area contributed by atoms with E-state index in [1.807, 2.05) is 30.3 Å². The maximum absolute atomic E-state index is 10.3. The first-order valence-corrected chi connectivity index (χ1v) is 4.11. The first-order valence-electron chi connectivity index (χ1n) is 4.11. The van der Waals surface area contributed by atoms with Gasteiger partial charge in [-0.3, -0.25) is 0 Å². The SMILES string of the molecule is C=CN(C=CC(=O)O)c1ccccc1. The number of anilines is 1. The third kappa shape index (κ3) is 2.79. The second kappa shape index (κ2) is 4.87. The zero-order valence-corrected chi connectivity index (χ0v) is 7.63. The number of hydrogen-bond acceptors (Lipinski definition) is 2. The molecule has 14 heavy (non-hydrogen) atoms. The molecule has 0 bridgehead atoms. The van der Waals surface area contributed by atoms with Crippen LogP contribution in [0.2, 0.25) is 0 Å². The minimum Gasteiger partial charge on any atom is -0.478 e. The van der Waals surface area contributed by atoms with Gasteiger partial charge in [-0.25, -0.2) is 4.79 Å². The zero-order chi connectivity index (χ0) is 10.4. The van der Waals surface area contributed by atoms with Crippen LogP contribution in [0.1, 0.15) is 0 Å². The van der Waals surface area contributed by atoms with E-state index >= 15 is 0 Å². The molecular weight excluding hydrogens is 178 g/mol. The number of aliphatic carboxylic acids is 1. The third-order valence-electron chi connectivity index (χ3n) is 1.63. The van der Waals surface area contributed by atoms with Gasteiger partial charge in [-0.2, -0.15) is 0 Å². The largest absolute Gasteiger partial charge is 0.478 e. The molecule has 0 aromatic heterocycles. The summed E-state index contributed by atoms with van der Waals surface area (Å²) in [5, 5.41) is 8.46. The smallest absolute Gasteiger partial charge is 0.329 e. The Bertz CT molecular complexity index is 344. The first-order chi connectivity index (χ1) is 6.74. The van der Waals surface area contributed by atoms with E-state index in [4.69, 9.17) is 5.11 Å². The molecule has 1 aromatic rings. The molecule has 0 radical (unpaired) electrons. The summed E-state index contributed by atoms with van der Waals surface area (Å²) in [6, 6.07) is 9.38. The Morgan fingerprint density at radius 2 is 2.00 bits per heavy atom. The second-order valence-electron chi connectivity index (χ2n) is 2.58. The number of carboxylic acids is 1. The van der Waals surface area contributed by atoms with Gasteiger partial charge in [-0.05, 0) is 12.1 Å². The van der Waals surface area contributed by atoms with Crippen molar-refractivity contribution in [3.05, 3.63) is 55.4 Å². The molecule has 0 amide bonds. The maximum Gasteiger partial charge on any atom is 0.329 e. The third-order valence-corrected chi connectivity index (χ3v) is 1.63. The van der Waals surface area contributed by atoms with Gasteiger partial charge < -0.3 is 10.0 Å². The minimum atomic E-state index is -0.979. The number of para-hydroxylation sites is 1. The standard InChI is InChI=1S/C11H11NO2/c1-2-12(9-8-11(13)14)10-6-4-3-5-7-10/h2-9H,1H2,(H,13,14). The molecule has 3 nitrogen and oxygen atoms in total. The summed E-state index contributed by atoms with van der Waals surface area (Å²) < 4.78 is 0. The molecule has 0 atom stereocenters. The molecule has 0 aliphatic rings. The van der Waals surface area contributed by atoms with Gasteiger partial charge >= 0.3 is 5.97 Å². The van der Waals surface area contributed by atoms with E-state index in [1.54, 1.807) is 11.1 Å². The lowest BCUT2D eigenvalue weighted by Gasteiger charge is -2.13. The Kier molecular flexibility index (Phi) is 3.49. The molecule has 1 rings (SSSR count). The van der Waals surface area contributed by atoms with Gasteiger partial charge in [0.15, 0.2) is 0 Å². The van der Waals surface area contributed by atoms with E-state index in [9.17, 15) is 4.79 Å². The lowest BCUT2D eigenvalue weighted by Crippen LogP contribution is -2.06. The number of rotatable bonds is 4. The van der Waals surface area contributed by atoms with Crippen LogP contribution in [0.15, 0.2) is 55.4 Å². The average molecular weight is 189 g/mol. The minimum absolute atomic E-state index is 0.875. The number of nitrogens with zero attached hydrogens (tertiary/aromatic N) is 1. The zero-order valence-electron chi connectivity index (χ0n) is 7.63. The molecule has 0 heterocycles. The highest BCUT2D eigenvalue weighted by molar-refractivity contribution is 5.80. The highest BCUT2D eigenvalue weighted by Crippen LogP contribution is 2.13. The van der Waals surface area contributed by atoms with Crippen LogP contribution in [0.25, 0.3) is 0 Å². The molecule has 1 N–H and O–H groups in total. The predicted molar refractivity (Wildman–Crippen MR) is 55.9 cm³/mol. The van der Waals surface area contributed by atoms with Crippen LogP contribution in [0, 0.1) is 0 Å². The summed E-state index contributed by atoms with van der Waals surface area (Å²) in [5.74, 6) is -0.979. The van der Waals surface area contributed by atoms with E-state index in [0.29, 0.717) is 0 Å². The number of benzene rings is 1. The average Bonchev–Trinajstić information content (AvgIpc) is 2.20. The fourth-order valence-corrected chi connectivity index (χ4v) is 0.997. The van der Waals surface area contributed by atoms with Crippen LogP contribution >= 0.6 is 0 Å². The van der Waals surface area contributed by atoms with Crippen molar-refractivity contribution in [2.75, 3.05) is 4.90 Å². The second-order valence-corrected chi connectivity index (χ2v) is 2.58. The Labute approximate surface area is 82.6 Å². The fourth-order valence-electron chi connectivity index (χ4n) is 0.997. The highest BCUT2D eigenvalue weighted by atomic mass is 16.4. The molecule has 0 saturated carbocycles. The molecule has 1 aromatic carbocycles. The van der Waals surface area contributed by atoms with Crippen LogP contribution in [0.4, 0.5) is 5.69 Å². The van der Waals surface area contributed by atoms with Crippen LogP contribution < -0.4 is 4.90 Å². The lowest BCUT2D eigenvalue weighted by atomic mass is 10.3. The van der Waals surface area contributed by atoms with E-state index in [2.05, 4.69) is 6.58 Å². The monoisotopic (exact) mass is 189 g/mol. The van der Waals surface area contributed by atoms with Gasteiger partial charge in [-0.1, -0.05) is 24.8 Å². The summed E-state index contributed by atoms with van der Waals surface area (Å²) in [6.07, 6.45) is 4.06.